The summed E-state index contributed by atoms with van der Waals surface area (Å²) >= 11 is 5.92. The van der Waals surface area contributed by atoms with E-state index >= 15 is 0 Å². The molecule has 3 heteroatoms. The highest BCUT2D eigenvalue weighted by Gasteiger charge is 2.39. The van der Waals surface area contributed by atoms with Crippen LogP contribution in [0.2, 0.25) is 5.02 Å². The Hall–Kier alpha value is -0.860. The van der Waals surface area contributed by atoms with Gasteiger partial charge in [-0.05, 0) is 37.5 Å². The number of ketones is 1. The van der Waals surface area contributed by atoms with Gasteiger partial charge < -0.3 is 5.32 Å². The summed E-state index contributed by atoms with van der Waals surface area (Å²) in [6.07, 6.45) is -9.03. The second kappa shape index (κ2) is 4.56. The molecule has 16 heavy (non-hydrogen) atoms. The van der Waals surface area contributed by atoms with E-state index in [1.807, 2.05) is 0 Å². The van der Waals surface area contributed by atoms with E-state index in [-0.39, 0.29) is 10.6 Å². The van der Waals surface area contributed by atoms with Crippen molar-refractivity contribution in [3.63, 3.8) is 0 Å². The number of carbonyl (C=O) groups excluding carboxylic acids is 1. The fraction of sp³-hybridized carbons (Fsp3) is 0.462. The predicted octanol–water partition coefficient (Wildman–Crippen LogP) is 2.90. The molecule has 0 radical (unpaired) electrons. The van der Waals surface area contributed by atoms with Gasteiger partial charge in [-0.25, -0.2) is 0 Å². The van der Waals surface area contributed by atoms with Crippen LogP contribution in [0.25, 0.3) is 0 Å². The van der Waals surface area contributed by atoms with Gasteiger partial charge >= 0.3 is 0 Å². The highest BCUT2D eigenvalue weighted by Crippen LogP contribution is 2.34. The maximum absolute atomic E-state index is 12.6. The number of benzene rings is 1. The summed E-state index contributed by atoms with van der Waals surface area (Å²) in [6.45, 7) is 0. The van der Waals surface area contributed by atoms with E-state index in [0.717, 1.165) is 0 Å². The topological polar surface area (TPSA) is 29.1 Å². The summed E-state index contributed by atoms with van der Waals surface area (Å²) in [5.41, 5.74) is -1.83. The van der Waals surface area contributed by atoms with Crippen molar-refractivity contribution in [1.29, 1.82) is 0 Å². The number of likely N-dealkylation sites (N-methyl/N-ethyl adjacent to an activating group) is 1. The monoisotopic (exact) mass is 243 g/mol. The standard InChI is InChI=1S/C13H16ClNO/c1-15-13(8-3-2-7-12(13)16)10-5-4-6-11(14)9-10/h4-6,9,15H,2-3,7-8H2,1H3/i2D2,3D2,8D2. The van der Waals surface area contributed by atoms with E-state index in [1.54, 1.807) is 12.1 Å². The summed E-state index contributed by atoms with van der Waals surface area (Å²) in [7, 11) is 1.35. The molecule has 0 amide bonds. The van der Waals surface area contributed by atoms with Crippen LogP contribution in [-0.2, 0) is 10.3 Å². The first kappa shape index (κ1) is 6.18. The lowest BCUT2D eigenvalue weighted by Gasteiger charge is -2.36. The zero-order valence-electron chi connectivity index (χ0n) is 14.8. The molecule has 1 atom stereocenters. The van der Waals surface area contributed by atoms with E-state index in [0.29, 0.717) is 0 Å². The van der Waals surface area contributed by atoms with Crippen LogP contribution in [0.5, 0.6) is 0 Å². The number of rotatable bonds is 2. The van der Waals surface area contributed by atoms with Gasteiger partial charge in [-0.3, -0.25) is 4.79 Å². The number of hydrogen-bond donors (Lipinski definition) is 1. The predicted molar refractivity (Wildman–Crippen MR) is 65.7 cm³/mol. The third kappa shape index (κ3) is 1.87. The minimum absolute atomic E-state index is 0.178. The van der Waals surface area contributed by atoms with Gasteiger partial charge in [0.05, 0.1) is 0 Å². The molecule has 0 aromatic heterocycles. The molecule has 0 saturated heterocycles. The van der Waals surface area contributed by atoms with Crippen molar-refractivity contribution in [2.45, 2.75) is 31.1 Å². The Bertz CT molecular complexity index is 620. The van der Waals surface area contributed by atoms with E-state index in [9.17, 15) is 4.79 Å². The molecule has 2 rings (SSSR count). The van der Waals surface area contributed by atoms with Crippen LogP contribution in [0.1, 0.15) is 39.3 Å². The van der Waals surface area contributed by atoms with Gasteiger partial charge in [0.2, 0.25) is 0 Å². The molecule has 0 heterocycles. The lowest BCUT2D eigenvalue weighted by atomic mass is 9.75. The SMILES string of the molecule is [2H]C1([2H])CC(=O)C(NC)(c2cccc(Cl)c2)C([2H])([2H])C1([2H])[2H]. The summed E-state index contributed by atoms with van der Waals surface area (Å²) in [5.74, 6) is -0.748. The quantitative estimate of drug-likeness (QED) is 0.866. The Balaban J connectivity index is 2.77. The first-order valence-corrected chi connectivity index (χ1v) is 5.30. The second-order valence-corrected chi connectivity index (χ2v) is 3.97. The number of Topliss-reactive ketones (excluding diaryl/α,β-unsaturated/α-hetero) is 1. The van der Waals surface area contributed by atoms with Gasteiger partial charge in [-0.1, -0.05) is 30.1 Å². The van der Waals surface area contributed by atoms with Crippen LogP contribution in [0.15, 0.2) is 24.3 Å². The Morgan fingerprint density at radius 2 is 2.31 bits per heavy atom. The van der Waals surface area contributed by atoms with Crippen LogP contribution < -0.4 is 5.32 Å². The average Bonchev–Trinajstić information content (AvgIpc) is 2.37. The molecule has 1 aliphatic rings. The first-order chi connectivity index (χ1) is 9.94. The first-order valence-electron chi connectivity index (χ1n) is 7.92. The molecular formula is C13H16ClNO. The molecule has 1 fully saturated rings. The van der Waals surface area contributed by atoms with Gasteiger partial charge in [-0.15, -0.1) is 0 Å². The minimum Gasteiger partial charge on any atom is -0.304 e. The van der Waals surface area contributed by atoms with E-state index in [2.05, 4.69) is 5.32 Å². The summed E-state index contributed by atoms with van der Waals surface area (Å²) in [5, 5.41) is 2.89. The normalized spacial score (nSPS) is 40.8. The molecule has 1 aromatic rings. The molecule has 86 valence electrons. The molecule has 0 spiro atoms. The highest BCUT2D eigenvalue weighted by molar-refractivity contribution is 6.30. The van der Waals surface area contributed by atoms with Gasteiger partial charge in [0.1, 0.15) is 5.54 Å². The zero-order valence-corrected chi connectivity index (χ0v) is 9.56. The highest BCUT2D eigenvalue weighted by atomic mass is 35.5. The average molecular weight is 244 g/mol. The maximum Gasteiger partial charge on any atom is 0.157 e. The second-order valence-electron chi connectivity index (χ2n) is 3.54. The van der Waals surface area contributed by atoms with E-state index in [4.69, 9.17) is 19.8 Å². The van der Waals surface area contributed by atoms with Crippen molar-refractivity contribution in [1.82, 2.24) is 5.32 Å². The minimum atomic E-state index is -2.88. The molecular weight excluding hydrogens is 222 g/mol. The molecule has 2 nitrogen and oxygen atoms in total. The number of halogens is 1. The fourth-order valence-electron chi connectivity index (χ4n) is 1.77. The van der Waals surface area contributed by atoms with E-state index in [1.165, 1.54) is 19.2 Å². The Morgan fingerprint density at radius 1 is 1.50 bits per heavy atom. The van der Waals surface area contributed by atoms with Crippen molar-refractivity contribution < 1.29 is 13.0 Å². The van der Waals surface area contributed by atoms with Crippen LogP contribution >= 0.6 is 11.6 Å². The van der Waals surface area contributed by atoms with Crippen molar-refractivity contribution in [2.75, 3.05) is 7.05 Å². The lowest BCUT2D eigenvalue weighted by Crippen LogP contribution is -2.49. The molecule has 1 aliphatic carbocycles. The van der Waals surface area contributed by atoms with Gasteiger partial charge in [-0.2, -0.15) is 0 Å². The van der Waals surface area contributed by atoms with Crippen LogP contribution in [0.4, 0.5) is 0 Å². The summed E-state index contributed by atoms with van der Waals surface area (Å²) < 4.78 is 48.0. The van der Waals surface area contributed by atoms with Crippen molar-refractivity contribution in [2.24, 2.45) is 0 Å². The van der Waals surface area contributed by atoms with Crippen LogP contribution in [-0.4, -0.2) is 12.8 Å². The lowest BCUT2D eigenvalue weighted by molar-refractivity contribution is -0.127. The van der Waals surface area contributed by atoms with Gasteiger partial charge in [0, 0.05) is 19.7 Å². The van der Waals surface area contributed by atoms with E-state index < -0.39 is 36.9 Å². The van der Waals surface area contributed by atoms with Gasteiger partial charge in [0.25, 0.3) is 0 Å². The van der Waals surface area contributed by atoms with Crippen LogP contribution in [0.3, 0.4) is 0 Å². The van der Waals surface area contributed by atoms with Crippen molar-refractivity contribution in [3.05, 3.63) is 34.9 Å². The molecule has 1 N–H and O–H groups in total. The summed E-state index contributed by atoms with van der Waals surface area (Å²) in [6, 6.07) is 5.98. The third-order valence-corrected chi connectivity index (χ3v) is 2.87. The van der Waals surface area contributed by atoms with Crippen molar-refractivity contribution in [3.8, 4) is 0 Å². The molecule has 1 aromatic carbocycles. The zero-order chi connectivity index (χ0) is 17.0. The smallest absolute Gasteiger partial charge is 0.157 e. The fourth-order valence-corrected chi connectivity index (χ4v) is 1.96. The maximum atomic E-state index is 12.6. The van der Waals surface area contributed by atoms with Crippen molar-refractivity contribution >= 4 is 17.4 Å². The largest absolute Gasteiger partial charge is 0.304 e. The van der Waals surface area contributed by atoms with Gasteiger partial charge in [0.15, 0.2) is 5.78 Å². The Kier molecular flexibility index (Phi) is 1.76. The molecule has 1 unspecified atom stereocenters. The number of carbonyl (C=O) groups is 1. The number of hydrogen-bond acceptors (Lipinski definition) is 2. The Morgan fingerprint density at radius 3 is 3.00 bits per heavy atom. The summed E-state index contributed by atoms with van der Waals surface area (Å²) in [4.78, 5) is 12.6. The molecule has 0 bridgehead atoms. The molecule has 1 saturated carbocycles. The Labute approximate surface area is 109 Å². The number of nitrogens with one attached hydrogen (secondary N) is 1. The third-order valence-electron chi connectivity index (χ3n) is 2.64. The van der Waals surface area contributed by atoms with Crippen LogP contribution in [0, 0.1) is 0 Å². The molecule has 0 aliphatic heterocycles.